The summed E-state index contributed by atoms with van der Waals surface area (Å²) in [4.78, 5) is 0. The van der Waals surface area contributed by atoms with Gasteiger partial charge in [-0.25, -0.2) is 0 Å². The predicted octanol–water partition coefficient (Wildman–Crippen LogP) is 1.71. The lowest BCUT2D eigenvalue weighted by Gasteiger charge is -1.98. The van der Waals surface area contributed by atoms with Crippen LogP contribution in [0.2, 0.25) is 0 Å². The van der Waals surface area contributed by atoms with Gasteiger partial charge >= 0.3 is 0 Å². The SMILES string of the molecule is Cc1c(I)cnn1CCC#N. The smallest absolute Gasteiger partial charge is 0.0641 e. The highest BCUT2D eigenvalue weighted by Gasteiger charge is 2.01. The Morgan fingerprint density at radius 2 is 2.55 bits per heavy atom. The summed E-state index contributed by atoms with van der Waals surface area (Å²) in [5.74, 6) is 0. The molecule has 0 unspecified atom stereocenters. The highest BCUT2D eigenvalue weighted by atomic mass is 127. The number of aromatic nitrogens is 2. The molecule has 58 valence electrons. The van der Waals surface area contributed by atoms with Crippen LogP contribution in [0.15, 0.2) is 6.20 Å². The number of halogens is 1. The van der Waals surface area contributed by atoms with Gasteiger partial charge in [0.1, 0.15) is 0 Å². The normalized spacial score (nSPS) is 9.55. The summed E-state index contributed by atoms with van der Waals surface area (Å²) in [5, 5.41) is 12.4. The molecule has 11 heavy (non-hydrogen) atoms. The van der Waals surface area contributed by atoms with Crippen molar-refractivity contribution in [1.29, 1.82) is 5.26 Å². The van der Waals surface area contributed by atoms with E-state index in [1.54, 1.807) is 0 Å². The minimum atomic E-state index is 0.526. The van der Waals surface area contributed by atoms with Gasteiger partial charge in [0, 0.05) is 5.69 Å². The Hall–Kier alpha value is -0.570. The maximum atomic E-state index is 8.33. The second-order valence-electron chi connectivity index (χ2n) is 2.21. The fraction of sp³-hybridized carbons (Fsp3) is 0.429. The molecule has 0 aromatic carbocycles. The number of nitriles is 1. The molecule has 4 heteroatoms. The molecule has 0 bridgehead atoms. The van der Waals surface area contributed by atoms with Crippen molar-refractivity contribution in [2.45, 2.75) is 19.9 Å². The molecule has 1 aromatic rings. The lowest BCUT2D eigenvalue weighted by molar-refractivity contribution is 0.609. The van der Waals surface area contributed by atoms with Crippen molar-refractivity contribution in [3.8, 4) is 6.07 Å². The predicted molar refractivity (Wildman–Crippen MR) is 49.9 cm³/mol. The molecule has 0 N–H and O–H groups in total. The van der Waals surface area contributed by atoms with E-state index >= 15 is 0 Å². The molecule has 0 spiro atoms. The third kappa shape index (κ3) is 1.93. The Morgan fingerprint density at radius 3 is 3.00 bits per heavy atom. The van der Waals surface area contributed by atoms with Crippen LogP contribution >= 0.6 is 22.6 Å². The molecule has 0 amide bonds. The third-order valence-corrected chi connectivity index (χ3v) is 2.54. The van der Waals surface area contributed by atoms with Gasteiger partial charge in [-0.3, -0.25) is 4.68 Å². The first-order chi connectivity index (χ1) is 5.25. The van der Waals surface area contributed by atoms with E-state index in [0.29, 0.717) is 13.0 Å². The molecule has 0 aliphatic carbocycles. The maximum Gasteiger partial charge on any atom is 0.0641 e. The Morgan fingerprint density at radius 1 is 1.82 bits per heavy atom. The van der Waals surface area contributed by atoms with Gasteiger partial charge in [0.05, 0.1) is 28.8 Å². The maximum absolute atomic E-state index is 8.33. The summed E-state index contributed by atoms with van der Waals surface area (Å²) in [7, 11) is 0. The van der Waals surface area contributed by atoms with E-state index in [0.717, 1.165) is 9.26 Å². The van der Waals surface area contributed by atoms with E-state index in [4.69, 9.17) is 5.26 Å². The van der Waals surface area contributed by atoms with E-state index < -0.39 is 0 Å². The van der Waals surface area contributed by atoms with Crippen LogP contribution in [0.3, 0.4) is 0 Å². The van der Waals surface area contributed by atoms with Crippen LogP contribution in [0, 0.1) is 21.8 Å². The van der Waals surface area contributed by atoms with Crippen molar-refractivity contribution in [3.63, 3.8) is 0 Å². The summed E-state index contributed by atoms with van der Waals surface area (Å²) < 4.78 is 3.01. The number of rotatable bonds is 2. The van der Waals surface area contributed by atoms with Crippen molar-refractivity contribution < 1.29 is 0 Å². The molecule has 0 fully saturated rings. The first kappa shape index (κ1) is 8.53. The van der Waals surface area contributed by atoms with Gasteiger partial charge in [0.25, 0.3) is 0 Å². The zero-order valence-electron chi connectivity index (χ0n) is 6.21. The van der Waals surface area contributed by atoms with E-state index in [-0.39, 0.29) is 0 Å². The molecular weight excluding hydrogens is 253 g/mol. The summed E-state index contributed by atoms with van der Waals surface area (Å²) in [5.41, 5.74) is 1.14. The molecule has 0 saturated heterocycles. The molecule has 0 saturated carbocycles. The highest BCUT2D eigenvalue weighted by Crippen LogP contribution is 2.09. The minimum Gasteiger partial charge on any atom is -0.268 e. The number of hydrogen-bond acceptors (Lipinski definition) is 2. The molecule has 0 atom stereocenters. The van der Waals surface area contributed by atoms with Crippen LogP contribution < -0.4 is 0 Å². The average molecular weight is 261 g/mol. The second kappa shape index (κ2) is 3.72. The van der Waals surface area contributed by atoms with Crippen LogP contribution in [0.4, 0.5) is 0 Å². The molecule has 1 heterocycles. The monoisotopic (exact) mass is 261 g/mol. The summed E-state index contributed by atoms with van der Waals surface area (Å²) >= 11 is 2.23. The van der Waals surface area contributed by atoms with Crippen LogP contribution in [0.1, 0.15) is 12.1 Å². The van der Waals surface area contributed by atoms with Gasteiger partial charge in [-0.05, 0) is 29.5 Å². The van der Waals surface area contributed by atoms with Crippen LogP contribution in [-0.2, 0) is 6.54 Å². The third-order valence-electron chi connectivity index (χ3n) is 1.48. The van der Waals surface area contributed by atoms with Crippen molar-refractivity contribution >= 4 is 22.6 Å². The van der Waals surface area contributed by atoms with Crippen LogP contribution in [0.25, 0.3) is 0 Å². The highest BCUT2D eigenvalue weighted by molar-refractivity contribution is 14.1. The largest absolute Gasteiger partial charge is 0.268 e. The van der Waals surface area contributed by atoms with Gasteiger partial charge in [-0.2, -0.15) is 10.4 Å². The van der Waals surface area contributed by atoms with E-state index in [2.05, 4.69) is 33.8 Å². The van der Waals surface area contributed by atoms with E-state index in [1.807, 2.05) is 17.8 Å². The lowest BCUT2D eigenvalue weighted by atomic mass is 10.4. The fourth-order valence-corrected chi connectivity index (χ4v) is 1.21. The Kier molecular flexibility index (Phi) is 2.88. The molecule has 0 aliphatic heterocycles. The first-order valence-corrected chi connectivity index (χ1v) is 4.38. The molecular formula is C7H8IN3. The quantitative estimate of drug-likeness (QED) is 0.760. The molecule has 1 rings (SSSR count). The number of nitrogens with zero attached hydrogens (tertiary/aromatic N) is 3. The zero-order chi connectivity index (χ0) is 8.27. The molecule has 0 radical (unpaired) electrons. The summed E-state index contributed by atoms with van der Waals surface area (Å²) in [6.07, 6.45) is 2.34. The van der Waals surface area contributed by atoms with Crippen LogP contribution in [0.5, 0.6) is 0 Å². The van der Waals surface area contributed by atoms with Crippen LogP contribution in [-0.4, -0.2) is 9.78 Å². The molecule has 0 aliphatic rings. The Labute approximate surface area is 79.2 Å². The first-order valence-electron chi connectivity index (χ1n) is 3.30. The van der Waals surface area contributed by atoms with Gasteiger partial charge in [0.2, 0.25) is 0 Å². The van der Waals surface area contributed by atoms with Crippen molar-refractivity contribution in [2.75, 3.05) is 0 Å². The van der Waals surface area contributed by atoms with Crippen molar-refractivity contribution in [1.82, 2.24) is 9.78 Å². The standard InChI is InChI=1S/C7H8IN3/c1-6-7(8)5-10-11(6)4-2-3-9/h5H,2,4H2,1H3. The summed E-state index contributed by atoms with van der Waals surface area (Å²) in [6, 6.07) is 2.09. The fourth-order valence-electron chi connectivity index (χ4n) is 0.805. The lowest BCUT2D eigenvalue weighted by Crippen LogP contribution is -2.01. The van der Waals surface area contributed by atoms with Crippen molar-refractivity contribution in [2.24, 2.45) is 0 Å². The minimum absolute atomic E-state index is 0.526. The van der Waals surface area contributed by atoms with Gasteiger partial charge < -0.3 is 0 Å². The topological polar surface area (TPSA) is 41.6 Å². The Balaban J connectivity index is 2.72. The van der Waals surface area contributed by atoms with Gasteiger partial charge in [-0.1, -0.05) is 0 Å². The molecule has 3 nitrogen and oxygen atoms in total. The number of hydrogen-bond donors (Lipinski definition) is 0. The second-order valence-corrected chi connectivity index (χ2v) is 3.37. The number of aryl methyl sites for hydroxylation is 1. The molecule has 1 aromatic heterocycles. The summed E-state index contributed by atoms with van der Waals surface area (Å²) in [6.45, 7) is 2.71. The van der Waals surface area contributed by atoms with Gasteiger partial charge in [-0.15, -0.1) is 0 Å². The Bertz CT molecular complexity index is 284. The van der Waals surface area contributed by atoms with Gasteiger partial charge in [0.15, 0.2) is 0 Å². The van der Waals surface area contributed by atoms with E-state index in [9.17, 15) is 0 Å². The van der Waals surface area contributed by atoms with Crippen molar-refractivity contribution in [3.05, 3.63) is 15.5 Å². The zero-order valence-corrected chi connectivity index (χ0v) is 8.37. The van der Waals surface area contributed by atoms with E-state index in [1.165, 1.54) is 0 Å². The average Bonchev–Trinajstić information content (AvgIpc) is 2.31.